The van der Waals surface area contributed by atoms with Crippen LogP contribution in [-0.2, 0) is 0 Å². The highest BCUT2D eigenvalue weighted by atomic mass is 79.9. The van der Waals surface area contributed by atoms with E-state index in [1.165, 1.54) is 0 Å². The van der Waals surface area contributed by atoms with Gasteiger partial charge in [0.1, 0.15) is 10.8 Å². The van der Waals surface area contributed by atoms with Crippen molar-refractivity contribution in [1.29, 1.82) is 0 Å². The fourth-order valence-corrected chi connectivity index (χ4v) is 3.08. The van der Waals surface area contributed by atoms with Crippen molar-refractivity contribution >= 4 is 27.3 Å². The van der Waals surface area contributed by atoms with Crippen molar-refractivity contribution in [3.8, 4) is 27.6 Å². The van der Waals surface area contributed by atoms with E-state index in [-0.39, 0.29) is 0 Å². The number of methoxy groups -OCH3 is 1. The van der Waals surface area contributed by atoms with Crippen LogP contribution in [0.3, 0.4) is 0 Å². The van der Waals surface area contributed by atoms with Crippen molar-refractivity contribution < 1.29 is 4.74 Å². The van der Waals surface area contributed by atoms with Crippen LogP contribution in [0.15, 0.2) is 52.6 Å². The zero-order chi connectivity index (χ0) is 13.9. The average Bonchev–Trinajstić information content (AvgIpc) is 2.97. The molecule has 20 heavy (non-hydrogen) atoms. The molecule has 2 heterocycles. The summed E-state index contributed by atoms with van der Waals surface area (Å²) in [5, 5.41) is 2.98. The molecule has 0 saturated heterocycles. The number of hydrogen-bond acceptors (Lipinski definition) is 4. The van der Waals surface area contributed by atoms with Crippen molar-refractivity contribution in [3.63, 3.8) is 0 Å². The third kappa shape index (κ3) is 2.59. The Kier molecular flexibility index (Phi) is 3.80. The molecule has 0 amide bonds. The molecule has 0 spiro atoms. The molecule has 3 aromatic rings. The minimum atomic E-state index is 0.830. The van der Waals surface area contributed by atoms with Gasteiger partial charge in [0.25, 0.3) is 0 Å². The van der Waals surface area contributed by atoms with Gasteiger partial charge in [-0.05, 0) is 34.1 Å². The number of aromatic nitrogens is 2. The number of nitrogens with zero attached hydrogens (tertiary/aromatic N) is 2. The van der Waals surface area contributed by atoms with Gasteiger partial charge in [0.2, 0.25) is 0 Å². The largest absolute Gasteiger partial charge is 0.496 e. The molecular formula is C15H11BrN2OS. The lowest BCUT2D eigenvalue weighted by molar-refractivity contribution is 0.416. The molecule has 0 atom stereocenters. The molecule has 0 unspecified atom stereocenters. The van der Waals surface area contributed by atoms with Crippen molar-refractivity contribution in [1.82, 2.24) is 9.97 Å². The molecule has 0 N–H and O–H groups in total. The van der Waals surface area contributed by atoms with Gasteiger partial charge >= 0.3 is 0 Å². The van der Waals surface area contributed by atoms with Crippen molar-refractivity contribution in [2.75, 3.05) is 7.11 Å². The van der Waals surface area contributed by atoms with E-state index in [0.29, 0.717) is 0 Å². The van der Waals surface area contributed by atoms with E-state index in [0.717, 1.165) is 32.1 Å². The first-order valence-electron chi connectivity index (χ1n) is 5.98. The number of ether oxygens (including phenoxy) is 1. The van der Waals surface area contributed by atoms with Crippen LogP contribution < -0.4 is 4.74 Å². The molecule has 0 saturated carbocycles. The van der Waals surface area contributed by atoms with E-state index in [1.807, 2.05) is 41.9 Å². The number of pyridine rings is 1. The second-order valence-corrected chi connectivity index (χ2v) is 5.90. The Morgan fingerprint density at radius 2 is 2.05 bits per heavy atom. The Labute approximate surface area is 129 Å². The molecule has 3 nitrogen and oxygen atoms in total. The topological polar surface area (TPSA) is 35.0 Å². The summed E-state index contributed by atoms with van der Waals surface area (Å²) in [7, 11) is 1.67. The van der Waals surface area contributed by atoms with Crippen LogP contribution in [0, 0.1) is 0 Å². The van der Waals surface area contributed by atoms with E-state index >= 15 is 0 Å². The highest BCUT2D eigenvalue weighted by molar-refractivity contribution is 9.10. The lowest BCUT2D eigenvalue weighted by atomic mass is 10.1. The highest BCUT2D eigenvalue weighted by Crippen LogP contribution is 2.33. The summed E-state index contributed by atoms with van der Waals surface area (Å²) in [6.45, 7) is 0. The summed E-state index contributed by atoms with van der Waals surface area (Å²) in [5.41, 5.74) is 2.92. The van der Waals surface area contributed by atoms with E-state index < -0.39 is 0 Å². The van der Waals surface area contributed by atoms with Gasteiger partial charge in [-0.15, -0.1) is 11.3 Å². The first-order valence-corrected chi connectivity index (χ1v) is 7.65. The van der Waals surface area contributed by atoms with E-state index in [4.69, 9.17) is 4.74 Å². The molecule has 0 aliphatic rings. The number of thiazole rings is 1. The maximum atomic E-state index is 5.38. The van der Waals surface area contributed by atoms with Crippen molar-refractivity contribution in [3.05, 3.63) is 52.6 Å². The van der Waals surface area contributed by atoms with Crippen molar-refractivity contribution in [2.24, 2.45) is 0 Å². The maximum Gasteiger partial charge on any atom is 0.128 e. The van der Waals surface area contributed by atoms with Gasteiger partial charge in [0.05, 0.1) is 12.8 Å². The predicted octanol–water partition coefficient (Wildman–Crippen LogP) is 4.64. The SMILES string of the molecule is COc1ccccc1-c1csc(-c2cncc(Br)c2)n1. The van der Waals surface area contributed by atoms with Gasteiger partial charge in [-0.1, -0.05) is 12.1 Å². The number of rotatable bonds is 3. The Morgan fingerprint density at radius 1 is 1.20 bits per heavy atom. The fourth-order valence-electron chi connectivity index (χ4n) is 1.92. The van der Waals surface area contributed by atoms with Crippen LogP contribution in [0.5, 0.6) is 5.75 Å². The Hall–Kier alpha value is -1.72. The average molecular weight is 347 g/mol. The Morgan fingerprint density at radius 3 is 2.85 bits per heavy atom. The predicted molar refractivity (Wildman–Crippen MR) is 85.0 cm³/mol. The maximum absolute atomic E-state index is 5.38. The zero-order valence-electron chi connectivity index (χ0n) is 10.7. The zero-order valence-corrected chi connectivity index (χ0v) is 13.1. The second-order valence-electron chi connectivity index (χ2n) is 4.13. The van der Waals surface area contributed by atoms with E-state index in [1.54, 1.807) is 24.6 Å². The van der Waals surface area contributed by atoms with E-state index in [9.17, 15) is 0 Å². The monoisotopic (exact) mass is 346 g/mol. The molecule has 2 aromatic heterocycles. The number of para-hydroxylation sites is 1. The van der Waals surface area contributed by atoms with Crippen LogP contribution in [0.2, 0.25) is 0 Å². The molecule has 3 rings (SSSR count). The molecule has 5 heteroatoms. The second kappa shape index (κ2) is 5.73. The van der Waals surface area contributed by atoms with Gasteiger partial charge in [-0.25, -0.2) is 4.98 Å². The minimum absolute atomic E-state index is 0.830. The Bertz CT molecular complexity index is 742. The summed E-state index contributed by atoms with van der Waals surface area (Å²) in [6, 6.07) is 9.90. The summed E-state index contributed by atoms with van der Waals surface area (Å²) in [6.07, 6.45) is 3.58. The lowest BCUT2D eigenvalue weighted by Crippen LogP contribution is -1.87. The first kappa shape index (κ1) is 13.3. The van der Waals surface area contributed by atoms with Crippen LogP contribution in [0.4, 0.5) is 0 Å². The van der Waals surface area contributed by atoms with Crippen LogP contribution >= 0.6 is 27.3 Å². The van der Waals surface area contributed by atoms with Crippen LogP contribution in [-0.4, -0.2) is 17.1 Å². The van der Waals surface area contributed by atoms with Gasteiger partial charge in [0.15, 0.2) is 0 Å². The van der Waals surface area contributed by atoms with Crippen LogP contribution in [0.1, 0.15) is 0 Å². The Balaban J connectivity index is 2.02. The molecule has 0 fully saturated rings. The fraction of sp³-hybridized carbons (Fsp3) is 0.0667. The summed E-state index contributed by atoms with van der Waals surface area (Å²) in [5.74, 6) is 0.830. The third-order valence-corrected chi connectivity index (χ3v) is 4.16. The van der Waals surface area contributed by atoms with Crippen LogP contribution in [0.25, 0.3) is 21.8 Å². The number of halogens is 1. The standard InChI is InChI=1S/C15H11BrN2OS/c1-19-14-5-3-2-4-12(14)13-9-20-15(18-13)10-6-11(16)8-17-7-10/h2-9H,1H3. The summed E-state index contributed by atoms with van der Waals surface area (Å²) in [4.78, 5) is 8.85. The molecular weight excluding hydrogens is 336 g/mol. The smallest absolute Gasteiger partial charge is 0.128 e. The van der Waals surface area contributed by atoms with Gasteiger partial charge < -0.3 is 4.74 Å². The molecule has 100 valence electrons. The first-order chi connectivity index (χ1) is 9.78. The molecule has 0 radical (unpaired) electrons. The van der Waals surface area contributed by atoms with E-state index in [2.05, 4.69) is 25.9 Å². The van der Waals surface area contributed by atoms with Gasteiger partial charge in [-0.2, -0.15) is 0 Å². The summed E-state index contributed by atoms with van der Waals surface area (Å²) < 4.78 is 6.33. The van der Waals surface area contributed by atoms with Gasteiger partial charge in [0, 0.05) is 33.4 Å². The number of hydrogen-bond donors (Lipinski definition) is 0. The molecule has 0 aliphatic carbocycles. The molecule has 1 aromatic carbocycles. The number of benzene rings is 1. The normalized spacial score (nSPS) is 10.5. The van der Waals surface area contributed by atoms with Crippen molar-refractivity contribution in [2.45, 2.75) is 0 Å². The van der Waals surface area contributed by atoms with Gasteiger partial charge in [-0.3, -0.25) is 4.98 Å². The lowest BCUT2D eigenvalue weighted by Gasteiger charge is -2.04. The summed E-state index contributed by atoms with van der Waals surface area (Å²) >= 11 is 5.03. The molecule has 0 aliphatic heterocycles. The highest BCUT2D eigenvalue weighted by Gasteiger charge is 2.10. The quantitative estimate of drug-likeness (QED) is 0.692. The minimum Gasteiger partial charge on any atom is -0.496 e. The third-order valence-electron chi connectivity index (χ3n) is 2.84. The molecule has 0 bridgehead atoms.